The predicted octanol–water partition coefficient (Wildman–Crippen LogP) is 6.65. The molecule has 3 aromatic heterocycles. The van der Waals surface area contributed by atoms with Crippen LogP contribution in [0.1, 0.15) is 33.0 Å². The number of rotatable bonds is 9. The number of thiophene rings is 1. The number of aromatic nitrogens is 3. The van der Waals surface area contributed by atoms with E-state index in [2.05, 4.69) is 14.8 Å². The van der Waals surface area contributed by atoms with Crippen molar-refractivity contribution in [3.8, 4) is 17.1 Å². The largest absolute Gasteiger partial charge is 0.477 e. The van der Waals surface area contributed by atoms with Crippen LogP contribution in [0.4, 0.5) is 14.5 Å². The van der Waals surface area contributed by atoms with Crippen LogP contribution in [0.2, 0.25) is 0 Å². The molecule has 6 rings (SSSR count). The summed E-state index contributed by atoms with van der Waals surface area (Å²) in [4.78, 5) is 24.6. The zero-order valence-electron chi connectivity index (χ0n) is 21.5. The van der Waals surface area contributed by atoms with Gasteiger partial charge in [-0.25, -0.2) is 28.4 Å². The molecule has 0 spiro atoms. The average molecular weight is 573 g/mol. The Morgan fingerprint density at radius 1 is 1.12 bits per heavy atom. The van der Waals surface area contributed by atoms with Gasteiger partial charge in [-0.3, -0.25) is 0 Å². The zero-order chi connectivity index (χ0) is 28.5. The maximum absolute atomic E-state index is 15.4. The third kappa shape index (κ3) is 5.52. The number of fused-ring (bicyclic) bond motifs is 1. The van der Waals surface area contributed by atoms with Crippen LogP contribution in [-0.4, -0.2) is 38.3 Å². The van der Waals surface area contributed by atoms with E-state index in [4.69, 9.17) is 16.0 Å². The molecule has 0 radical (unpaired) electrons. The summed E-state index contributed by atoms with van der Waals surface area (Å²) < 4.78 is 42.7. The van der Waals surface area contributed by atoms with Crippen molar-refractivity contribution in [3.05, 3.63) is 106 Å². The second-order valence-electron chi connectivity index (χ2n) is 9.55. The van der Waals surface area contributed by atoms with Crippen molar-refractivity contribution >= 4 is 33.3 Å². The minimum absolute atomic E-state index is 0.0155. The number of halogens is 2. The summed E-state index contributed by atoms with van der Waals surface area (Å²) in [5, 5.41) is 9.39. The molecule has 4 heterocycles. The summed E-state index contributed by atoms with van der Waals surface area (Å²) >= 11 is 1.10. The van der Waals surface area contributed by atoms with Crippen LogP contribution in [-0.2, 0) is 24.3 Å². The molecule has 0 amide bonds. The molecule has 1 atom stereocenters. The maximum atomic E-state index is 15.4. The van der Waals surface area contributed by atoms with Crippen molar-refractivity contribution in [2.24, 2.45) is 0 Å². The van der Waals surface area contributed by atoms with E-state index in [-0.39, 0.29) is 35.6 Å². The molecule has 1 aliphatic heterocycles. The summed E-state index contributed by atoms with van der Waals surface area (Å²) in [7, 11) is 0. The fourth-order valence-electron chi connectivity index (χ4n) is 4.59. The first-order chi connectivity index (χ1) is 19.9. The number of carboxylic acid groups (broad SMARTS) is 1. The molecule has 1 fully saturated rings. The number of hydrogen-bond acceptors (Lipinski definition) is 6. The highest BCUT2D eigenvalue weighted by Gasteiger charge is 2.24. The Labute approximate surface area is 237 Å². The number of imidazole rings is 1. The zero-order valence-corrected chi connectivity index (χ0v) is 22.3. The quantitative estimate of drug-likeness (QED) is 0.199. The minimum atomic E-state index is -1.01. The van der Waals surface area contributed by atoms with E-state index in [0.717, 1.165) is 23.8 Å². The summed E-state index contributed by atoms with van der Waals surface area (Å²) in [5.41, 5.74) is 2.68. The lowest BCUT2D eigenvalue weighted by molar-refractivity contribution is -0.0589. The smallest absolute Gasteiger partial charge is 0.346 e. The summed E-state index contributed by atoms with van der Waals surface area (Å²) in [5.74, 6) is -1.08. The van der Waals surface area contributed by atoms with Crippen LogP contribution in [0.3, 0.4) is 0 Å². The molecule has 1 saturated heterocycles. The van der Waals surface area contributed by atoms with Crippen LogP contribution >= 0.6 is 11.3 Å². The third-order valence-corrected chi connectivity index (χ3v) is 7.89. The molecule has 8 nitrogen and oxygen atoms in total. The molecule has 2 aromatic carbocycles. The topological polar surface area (TPSA) is 90.8 Å². The number of hydrogen-bond donors (Lipinski definition) is 1. The lowest BCUT2D eigenvalue weighted by atomic mass is 10.1. The molecule has 1 N–H and O–H groups in total. The molecular weight excluding hydrogens is 550 g/mol. The van der Waals surface area contributed by atoms with Crippen LogP contribution in [0.25, 0.3) is 26.4 Å². The molecule has 41 heavy (non-hydrogen) atoms. The lowest BCUT2D eigenvalue weighted by Crippen LogP contribution is -2.31. The maximum Gasteiger partial charge on any atom is 0.346 e. The van der Waals surface area contributed by atoms with Gasteiger partial charge < -0.3 is 19.1 Å². The Morgan fingerprint density at radius 3 is 2.63 bits per heavy atom. The van der Waals surface area contributed by atoms with E-state index < -0.39 is 17.6 Å². The molecule has 1 aliphatic rings. The number of benzene rings is 2. The van der Waals surface area contributed by atoms with Crippen molar-refractivity contribution in [1.29, 1.82) is 0 Å². The van der Waals surface area contributed by atoms with Crippen molar-refractivity contribution in [2.75, 3.05) is 6.61 Å². The number of carbonyl (C=O) groups is 1. The highest BCUT2D eigenvalue weighted by Crippen LogP contribution is 2.30. The van der Waals surface area contributed by atoms with Crippen molar-refractivity contribution in [3.63, 3.8) is 0 Å². The first kappa shape index (κ1) is 26.6. The van der Waals surface area contributed by atoms with Gasteiger partial charge in [-0.15, -0.1) is 11.3 Å². The lowest BCUT2D eigenvalue weighted by Gasteiger charge is -2.27. The number of nitrogens with zero attached hydrogens (tertiary/aromatic N) is 4. The summed E-state index contributed by atoms with van der Waals surface area (Å²) in [6, 6.07) is 15.7. The van der Waals surface area contributed by atoms with E-state index >= 15 is 4.39 Å². The fourth-order valence-corrected chi connectivity index (χ4v) is 5.48. The number of pyridine rings is 1. The van der Waals surface area contributed by atoms with E-state index in [1.54, 1.807) is 36.4 Å². The third-order valence-electron chi connectivity index (χ3n) is 6.88. The molecule has 5 aromatic rings. The highest BCUT2D eigenvalue weighted by atomic mass is 32.1. The van der Waals surface area contributed by atoms with Gasteiger partial charge in [0.2, 0.25) is 5.88 Å². The number of ether oxygens (including phenoxy) is 2. The van der Waals surface area contributed by atoms with Gasteiger partial charge in [0.25, 0.3) is 0 Å². The highest BCUT2D eigenvalue weighted by molar-refractivity contribution is 7.20. The van der Waals surface area contributed by atoms with Gasteiger partial charge in [0, 0.05) is 30.2 Å². The van der Waals surface area contributed by atoms with Crippen LogP contribution in [0, 0.1) is 18.2 Å². The van der Waals surface area contributed by atoms with E-state index in [1.165, 1.54) is 18.2 Å². The van der Waals surface area contributed by atoms with Gasteiger partial charge in [-0.05, 0) is 36.2 Å². The molecule has 0 saturated carbocycles. The fraction of sp³-hybridized carbons (Fsp3) is 0.200. The van der Waals surface area contributed by atoms with Crippen molar-refractivity contribution < 1.29 is 28.2 Å². The Kier molecular flexibility index (Phi) is 7.17. The van der Waals surface area contributed by atoms with Crippen LogP contribution < -0.4 is 4.74 Å². The molecule has 11 heteroatoms. The van der Waals surface area contributed by atoms with Gasteiger partial charge in [0.15, 0.2) is 5.69 Å². The first-order valence-electron chi connectivity index (χ1n) is 12.8. The van der Waals surface area contributed by atoms with Gasteiger partial charge in [-0.2, -0.15) is 0 Å². The average Bonchev–Trinajstić information content (AvgIpc) is 3.49. The van der Waals surface area contributed by atoms with Crippen molar-refractivity contribution in [2.45, 2.75) is 32.1 Å². The van der Waals surface area contributed by atoms with Gasteiger partial charge in [0.1, 0.15) is 33.8 Å². The second kappa shape index (κ2) is 11.1. The Morgan fingerprint density at radius 2 is 1.93 bits per heavy atom. The Hall–Kier alpha value is -4.66. The molecule has 0 unspecified atom stereocenters. The summed E-state index contributed by atoms with van der Waals surface area (Å²) in [6.45, 7) is 8.11. The van der Waals surface area contributed by atoms with Crippen LogP contribution in [0.5, 0.6) is 5.88 Å². The molecule has 0 bridgehead atoms. The normalized spacial score (nSPS) is 14.5. The van der Waals surface area contributed by atoms with Crippen LogP contribution in [0.15, 0.2) is 60.7 Å². The number of aromatic carboxylic acids is 1. The standard InChI is InChI=1S/C30H22F2N4O4S/c1-33-20-8-7-19(23(32)13-20)16-40-28-4-2-3-24(34-28)18-6-5-17(22(31)11-18)12-27-35-29-25(14-26(41-29)30(37)38)36(27)15-21-9-10-39-21/h2-8,11,13-14,21H,9-10,12,15-16H2,(H,37,38)/t21-/m0/s1. The molecule has 206 valence electrons. The first-order valence-corrected chi connectivity index (χ1v) is 13.6. The van der Waals surface area contributed by atoms with Gasteiger partial charge in [-0.1, -0.05) is 30.3 Å². The van der Waals surface area contributed by atoms with E-state index in [9.17, 15) is 14.3 Å². The minimum Gasteiger partial charge on any atom is -0.477 e. The molecule has 0 aliphatic carbocycles. The molecular formula is C30H22F2N4O4S. The number of carboxylic acids is 1. The monoisotopic (exact) mass is 572 g/mol. The van der Waals surface area contributed by atoms with E-state index in [1.807, 2.05) is 4.57 Å². The van der Waals surface area contributed by atoms with Crippen molar-refractivity contribution in [1.82, 2.24) is 14.5 Å². The van der Waals surface area contributed by atoms with Gasteiger partial charge in [0.05, 0.1) is 30.4 Å². The Balaban J connectivity index is 1.21. The van der Waals surface area contributed by atoms with Gasteiger partial charge >= 0.3 is 5.97 Å². The Bertz CT molecular complexity index is 1820. The predicted molar refractivity (Wildman–Crippen MR) is 148 cm³/mol. The SMILES string of the molecule is [C-]#[N+]c1ccc(COc2cccc(-c3ccc(Cc4nc5sc(C(=O)O)cc5n4C[C@@H]4CCO4)c(F)c3)n2)c(F)c1. The second-order valence-corrected chi connectivity index (χ2v) is 10.6. The summed E-state index contributed by atoms with van der Waals surface area (Å²) in [6.07, 6.45) is 1.13. The van der Waals surface area contributed by atoms with E-state index in [0.29, 0.717) is 51.7 Å².